The first-order valence-corrected chi connectivity index (χ1v) is 4.94. The highest BCUT2D eigenvalue weighted by molar-refractivity contribution is 5.35. The molecule has 0 atom stereocenters. The normalized spacial score (nSPS) is 16.3. The third-order valence-corrected chi connectivity index (χ3v) is 2.03. The molecule has 0 saturated heterocycles. The Balaban J connectivity index is 2.74. The lowest BCUT2D eigenvalue weighted by Crippen LogP contribution is -2.00. The highest BCUT2D eigenvalue weighted by atomic mass is 19.1. The van der Waals surface area contributed by atoms with E-state index in [1.54, 1.807) is 12.2 Å². The van der Waals surface area contributed by atoms with E-state index in [1.165, 1.54) is 12.3 Å². The first kappa shape index (κ1) is 12.9. The molecule has 90 valence electrons. The van der Waals surface area contributed by atoms with Gasteiger partial charge in [-0.15, -0.1) is 0 Å². The molecule has 1 aliphatic carbocycles. The van der Waals surface area contributed by atoms with Gasteiger partial charge in [0.05, 0.1) is 6.20 Å². The van der Waals surface area contributed by atoms with Crippen LogP contribution in [0.25, 0.3) is 0 Å². The van der Waals surface area contributed by atoms with Crippen molar-refractivity contribution < 1.29 is 9.13 Å². The zero-order valence-corrected chi connectivity index (χ0v) is 9.40. The predicted molar refractivity (Wildman–Crippen MR) is 67.3 cm³/mol. The molecular weight excluding hydrogens is 221 g/mol. The Morgan fingerprint density at radius 3 is 3.00 bits per heavy atom. The molecule has 2 N–H and O–H groups in total. The molecule has 0 unspecified atom stereocenters. The van der Waals surface area contributed by atoms with E-state index < -0.39 is 0 Å². The highest BCUT2D eigenvalue weighted by Gasteiger charge is 2.08. The van der Waals surface area contributed by atoms with Gasteiger partial charge in [-0.2, -0.15) is 0 Å². The van der Waals surface area contributed by atoms with Gasteiger partial charge in [-0.3, -0.25) is 4.99 Å². The topological polar surface area (TPSA) is 60.0 Å². The largest absolute Gasteiger partial charge is 0.472 e. The Bertz CT molecular complexity index is 433. The standard InChI is InChI=1S/C12H14FN3O/c1-15-7-12(16-2)17-8-9-6-10(14)4-3-5-11(9)13/h3-4,6-7H,1-2,5,8,14H2/b12-7+. The van der Waals surface area contributed by atoms with Gasteiger partial charge in [-0.1, -0.05) is 6.08 Å². The second-order valence-electron chi connectivity index (χ2n) is 3.28. The van der Waals surface area contributed by atoms with Crippen molar-refractivity contribution >= 4 is 13.4 Å². The fourth-order valence-corrected chi connectivity index (χ4v) is 1.23. The molecule has 4 nitrogen and oxygen atoms in total. The lowest BCUT2D eigenvalue weighted by molar-refractivity contribution is 0.236. The van der Waals surface area contributed by atoms with E-state index >= 15 is 0 Å². The van der Waals surface area contributed by atoms with Crippen molar-refractivity contribution in [3.63, 3.8) is 0 Å². The van der Waals surface area contributed by atoms with Crippen molar-refractivity contribution in [1.82, 2.24) is 0 Å². The van der Waals surface area contributed by atoms with Crippen LogP contribution in [-0.2, 0) is 4.74 Å². The third kappa shape index (κ3) is 4.06. The summed E-state index contributed by atoms with van der Waals surface area (Å²) in [5, 5.41) is 0. The van der Waals surface area contributed by atoms with Crippen LogP contribution in [0.15, 0.2) is 57.4 Å². The summed E-state index contributed by atoms with van der Waals surface area (Å²) in [6.07, 6.45) is 6.34. The Morgan fingerprint density at radius 1 is 1.59 bits per heavy atom. The monoisotopic (exact) mass is 235 g/mol. The molecule has 0 bridgehead atoms. The molecule has 1 aliphatic rings. The summed E-state index contributed by atoms with van der Waals surface area (Å²) in [5.41, 5.74) is 6.49. The number of hydrogen-bond donors (Lipinski definition) is 1. The van der Waals surface area contributed by atoms with Crippen LogP contribution in [0.5, 0.6) is 0 Å². The van der Waals surface area contributed by atoms with E-state index in [-0.39, 0.29) is 24.7 Å². The Morgan fingerprint density at radius 2 is 2.35 bits per heavy atom. The summed E-state index contributed by atoms with van der Waals surface area (Å²) in [4.78, 5) is 7.06. The molecule has 1 rings (SSSR count). The maximum Gasteiger partial charge on any atom is 0.231 e. The van der Waals surface area contributed by atoms with Gasteiger partial charge in [0.25, 0.3) is 0 Å². The van der Waals surface area contributed by atoms with Gasteiger partial charge in [0, 0.05) is 17.7 Å². The lowest BCUT2D eigenvalue weighted by Gasteiger charge is -2.07. The van der Waals surface area contributed by atoms with Crippen LogP contribution in [-0.4, -0.2) is 20.0 Å². The van der Waals surface area contributed by atoms with Gasteiger partial charge in [-0.25, -0.2) is 9.38 Å². The minimum Gasteiger partial charge on any atom is -0.472 e. The molecule has 0 aromatic rings. The van der Waals surface area contributed by atoms with Gasteiger partial charge in [0.15, 0.2) is 0 Å². The SMILES string of the molecule is C=N/C=C(\N=C)OCC1=C(F)CC=CC(N)=C1. The van der Waals surface area contributed by atoms with Crippen LogP contribution < -0.4 is 5.73 Å². The van der Waals surface area contributed by atoms with Gasteiger partial charge in [0.1, 0.15) is 12.4 Å². The van der Waals surface area contributed by atoms with Crippen molar-refractivity contribution in [3.8, 4) is 0 Å². The number of hydrogen-bond acceptors (Lipinski definition) is 4. The zero-order chi connectivity index (χ0) is 12.7. The van der Waals surface area contributed by atoms with E-state index in [9.17, 15) is 4.39 Å². The molecular formula is C12H14FN3O. The smallest absolute Gasteiger partial charge is 0.231 e. The molecule has 0 radical (unpaired) electrons. The number of rotatable bonds is 5. The molecule has 0 fully saturated rings. The Hall–Kier alpha value is -2.17. The fourth-order valence-electron chi connectivity index (χ4n) is 1.23. The maximum atomic E-state index is 13.6. The maximum absolute atomic E-state index is 13.6. The van der Waals surface area contributed by atoms with Gasteiger partial charge in [0.2, 0.25) is 5.88 Å². The van der Waals surface area contributed by atoms with Crippen LogP contribution in [0.1, 0.15) is 6.42 Å². The number of nitrogens with two attached hydrogens (primary N) is 1. The second-order valence-corrected chi connectivity index (χ2v) is 3.28. The number of halogens is 1. The highest BCUT2D eigenvalue weighted by Crippen LogP contribution is 2.18. The van der Waals surface area contributed by atoms with Gasteiger partial charge < -0.3 is 10.5 Å². The number of allylic oxidation sites excluding steroid dienone is 3. The average molecular weight is 235 g/mol. The first-order valence-electron chi connectivity index (χ1n) is 4.94. The van der Waals surface area contributed by atoms with E-state index in [1.807, 2.05) is 0 Å². The number of aliphatic imine (C=N–C) groups is 2. The van der Waals surface area contributed by atoms with Crippen molar-refractivity contribution in [2.24, 2.45) is 15.7 Å². The van der Waals surface area contributed by atoms with Crippen molar-refractivity contribution in [1.29, 1.82) is 0 Å². The molecule has 0 spiro atoms. The summed E-state index contributed by atoms with van der Waals surface area (Å²) in [7, 11) is 0. The molecule has 5 heteroatoms. The quantitative estimate of drug-likeness (QED) is 0.586. The van der Waals surface area contributed by atoms with Crippen LogP contribution >= 0.6 is 0 Å². The van der Waals surface area contributed by atoms with E-state index in [4.69, 9.17) is 10.5 Å². The number of nitrogens with zero attached hydrogens (tertiary/aromatic N) is 2. The lowest BCUT2D eigenvalue weighted by atomic mass is 10.2. The summed E-state index contributed by atoms with van der Waals surface area (Å²) in [6.45, 7) is 6.59. The van der Waals surface area contributed by atoms with Crippen molar-refractivity contribution in [2.45, 2.75) is 6.42 Å². The van der Waals surface area contributed by atoms with Crippen molar-refractivity contribution in [3.05, 3.63) is 47.4 Å². The van der Waals surface area contributed by atoms with E-state index in [2.05, 4.69) is 23.4 Å². The Kier molecular flexibility index (Phi) is 4.87. The molecule has 0 aromatic heterocycles. The van der Waals surface area contributed by atoms with Crippen LogP contribution in [0.2, 0.25) is 0 Å². The minimum atomic E-state index is -0.281. The first-order chi connectivity index (χ1) is 8.17. The second kappa shape index (κ2) is 6.42. The molecule has 0 aliphatic heterocycles. The third-order valence-electron chi connectivity index (χ3n) is 2.03. The summed E-state index contributed by atoms with van der Waals surface area (Å²) >= 11 is 0. The minimum absolute atomic E-state index is 0.0224. The molecule has 0 saturated carbocycles. The average Bonchev–Trinajstić information content (AvgIpc) is 2.47. The molecule has 0 heterocycles. The van der Waals surface area contributed by atoms with Crippen LogP contribution in [0.3, 0.4) is 0 Å². The molecule has 0 amide bonds. The summed E-state index contributed by atoms with van der Waals surface area (Å²) < 4.78 is 18.8. The number of ether oxygens (including phenoxy) is 1. The van der Waals surface area contributed by atoms with E-state index in [0.29, 0.717) is 11.3 Å². The predicted octanol–water partition coefficient (Wildman–Crippen LogP) is 2.23. The molecule has 17 heavy (non-hydrogen) atoms. The van der Waals surface area contributed by atoms with Crippen molar-refractivity contribution in [2.75, 3.05) is 6.61 Å². The van der Waals surface area contributed by atoms with Crippen LogP contribution in [0.4, 0.5) is 4.39 Å². The van der Waals surface area contributed by atoms with Gasteiger partial charge in [-0.05, 0) is 25.6 Å². The fraction of sp³-hybridized carbons (Fsp3) is 0.167. The Labute approximate surface area is 99.4 Å². The molecule has 0 aromatic carbocycles. The summed E-state index contributed by atoms with van der Waals surface area (Å²) in [6, 6.07) is 0. The van der Waals surface area contributed by atoms with E-state index in [0.717, 1.165) is 0 Å². The summed E-state index contributed by atoms with van der Waals surface area (Å²) in [5.74, 6) is -0.0962. The zero-order valence-electron chi connectivity index (χ0n) is 9.40. The van der Waals surface area contributed by atoms with Gasteiger partial charge >= 0.3 is 0 Å². The van der Waals surface area contributed by atoms with Crippen LogP contribution in [0, 0.1) is 0 Å².